The predicted octanol–water partition coefficient (Wildman–Crippen LogP) is -3.13. The number of hydrogen-bond donors (Lipinski definition) is 3. The molecular weight excluding hydrogens is 333 g/mol. The van der Waals surface area contributed by atoms with Crippen molar-refractivity contribution in [3.8, 4) is 0 Å². The second kappa shape index (κ2) is 5.76. The van der Waals surface area contributed by atoms with Gasteiger partial charge in [0.05, 0.1) is 20.8 Å². The Balaban J connectivity index is 1.85. The third-order valence-electron chi connectivity index (χ3n) is 3.40. The molecule has 1 aliphatic heterocycles. The van der Waals surface area contributed by atoms with Crippen molar-refractivity contribution in [2.45, 2.75) is 24.5 Å². The van der Waals surface area contributed by atoms with Gasteiger partial charge in [0.2, 0.25) is 0 Å². The summed E-state index contributed by atoms with van der Waals surface area (Å²) < 4.78 is 21.3. The zero-order chi connectivity index (χ0) is 16.8. The molecule has 4 atom stereocenters. The molecule has 0 aliphatic carbocycles. The van der Waals surface area contributed by atoms with Gasteiger partial charge in [-0.1, -0.05) is 0 Å². The van der Waals surface area contributed by atoms with Crippen LogP contribution in [0.1, 0.15) is 6.23 Å². The number of ether oxygens (including phenoxy) is 1. The van der Waals surface area contributed by atoms with Crippen LogP contribution in [0.4, 0.5) is 5.82 Å². The summed E-state index contributed by atoms with van der Waals surface area (Å²) in [4.78, 5) is 32.8. The van der Waals surface area contributed by atoms with Gasteiger partial charge in [-0.3, -0.25) is 4.57 Å². The van der Waals surface area contributed by atoms with Gasteiger partial charge in [-0.2, -0.15) is 0 Å². The Morgan fingerprint density at radius 1 is 1.35 bits per heavy atom. The topological polar surface area (TPSA) is 192 Å². The van der Waals surface area contributed by atoms with Crippen molar-refractivity contribution >= 4 is 24.8 Å². The maximum atomic E-state index is 10.5. The average molecular weight is 345 g/mol. The lowest BCUT2D eigenvalue weighted by molar-refractivity contribution is -0.343. The van der Waals surface area contributed by atoms with E-state index in [1.807, 2.05) is 0 Å². The van der Waals surface area contributed by atoms with Crippen molar-refractivity contribution < 1.29 is 33.8 Å². The monoisotopic (exact) mass is 345 g/mol. The van der Waals surface area contributed by atoms with Gasteiger partial charge in [0, 0.05) is 0 Å². The van der Waals surface area contributed by atoms with Crippen LogP contribution in [0.15, 0.2) is 12.7 Å². The first kappa shape index (κ1) is 16.2. The quantitative estimate of drug-likeness (QED) is 0.474. The zero-order valence-electron chi connectivity index (χ0n) is 11.4. The minimum absolute atomic E-state index is 0.125. The maximum absolute atomic E-state index is 10.5. The molecule has 0 unspecified atom stereocenters. The molecule has 3 rings (SSSR count). The van der Waals surface area contributed by atoms with Gasteiger partial charge in [-0.25, -0.2) is 15.0 Å². The molecule has 1 aliphatic rings. The van der Waals surface area contributed by atoms with Crippen molar-refractivity contribution in [1.82, 2.24) is 19.5 Å². The lowest BCUT2D eigenvalue weighted by atomic mass is 10.1. The highest BCUT2D eigenvalue weighted by atomic mass is 31.2. The van der Waals surface area contributed by atoms with Crippen LogP contribution < -0.4 is 15.5 Å². The van der Waals surface area contributed by atoms with E-state index >= 15 is 0 Å². The van der Waals surface area contributed by atoms with E-state index < -0.39 is 39.0 Å². The number of aromatic nitrogens is 4. The Bertz CT molecular complexity index is 763. The molecule has 4 N–H and O–H groups in total. The summed E-state index contributed by atoms with van der Waals surface area (Å²) in [5.41, 5.74) is 6.19. The molecule has 0 saturated carbocycles. The Morgan fingerprint density at radius 2 is 2.09 bits per heavy atom. The van der Waals surface area contributed by atoms with Crippen LogP contribution in [0, 0.1) is 0 Å². The molecule has 126 valence electrons. The summed E-state index contributed by atoms with van der Waals surface area (Å²) in [6, 6.07) is 0. The van der Waals surface area contributed by atoms with Crippen molar-refractivity contribution in [1.29, 1.82) is 0 Å². The molecule has 13 heteroatoms. The second-order valence-corrected chi connectivity index (χ2v) is 6.02. The van der Waals surface area contributed by atoms with Crippen molar-refractivity contribution in [2.24, 2.45) is 0 Å². The summed E-state index contributed by atoms with van der Waals surface area (Å²) in [5.74, 6) is 0.125. The van der Waals surface area contributed by atoms with Crippen molar-refractivity contribution in [3.05, 3.63) is 12.7 Å². The van der Waals surface area contributed by atoms with E-state index in [-0.39, 0.29) is 17.0 Å². The van der Waals surface area contributed by atoms with E-state index in [0.29, 0.717) is 0 Å². The van der Waals surface area contributed by atoms with Gasteiger partial charge in [0.1, 0.15) is 30.2 Å². The number of nitrogens with zero attached hydrogens (tertiary/aromatic N) is 4. The standard InChI is InChI=1S/C10H14N5O7P/c11-8-5-9(13-2-12-8)15(3-14-5)10-7(17)6(16)4(22-10)1-21-23(18,19)20/h2-4,6-7,10,16-17H,1H2,(H2,11,12,13)(H2,18,19,20)/p-2/t4-,6-,7-,10+/m1/s1. The first-order valence-corrected chi connectivity index (χ1v) is 7.85. The SMILES string of the molecule is Nc1ncnc2c1ncn2[C@H]1O[C@H](COP(=O)([O-])[O-])[C@@H](O)[C@H]1O. The summed E-state index contributed by atoms with van der Waals surface area (Å²) >= 11 is 0. The summed E-state index contributed by atoms with van der Waals surface area (Å²) in [7, 11) is -5.22. The van der Waals surface area contributed by atoms with Gasteiger partial charge in [-0.15, -0.1) is 0 Å². The number of hydrogen-bond acceptors (Lipinski definition) is 11. The maximum Gasteiger partial charge on any atom is 0.167 e. The Hall–Kier alpha value is -1.66. The molecule has 3 heterocycles. The highest BCUT2D eigenvalue weighted by molar-refractivity contribution is 7.43. The van der Waals surface area contributed by atoms with Gasteiger partial charge in [-0.05, 0) is 0 Å². The summed E-state index contributed by atoms with van der Waals surface area (Å²) in [6.45, 7) is -0.719. The molecule has 0 spiro atoms. The molecule has 0 bridgehead atoms. The van der Waals surface area contributed by atoms with Gasteiger partial charge in [0.25, 0.3) is 0 Å². The normalized spacial score (nSPS) is 28.5. The predicted molar refractivity (Wildman–Crippen MR) is 69.2 cm³/mol. The molecule has 0 amide bonds. The van der Waals surface area contributed by atoms with E-state index in [4.69, 9.17) is 10.5 Å². The van der Waals surface area contributed by atoms with E-state index in [1.165, 1.54) is 17.2 Å². The fourth-order valence-electron chi connectivity index (χ4n) is 2.32. The minimum Gasteiger partial charge on any atom is -0.790 e. The van der Waals surface area contributed by atoms with Gasteiger partial charge >= 0.3 is 0 Å². The average Bonchev–Trinajstić information content (AvgIpc) is 3.01. The van der Waals surface area contributed by atoms with Gasteiger partial charge in [0.15, 0.2) is 17.7 Å². The van der Waals surface area contributed by atoms with Crippen molar-refractivity contribution in [3.63, 3.8) is 0 Å². The number of phosphoric acid groups is 1. The molecule has 0 aromatic carbocycles. The number of anilines is 1. The van der Waals surface area contributed by atoms with E-state index in [9.17, 15) is 24.6 Å². The first-order chi connectivity index (χ1) is 10.8. The highest BCUT2D eigenvalue weighted by Gasteiger charge is 2.44. The van der Waals surface area contributed by atoms with E-state index in [1.54, 1.807) is 0 Å². The Labute approximate surface area is 128 Å². The largest absolute Gasteiger partial charge is 0.790 e. The number of rotatable bonds is 4. The molecule has 0 radical (unpaired) electrons. The molecule has 12 nitrogen and oxygen atoms in total. The molecular formula is C10H12N5O7P-2. The minimum atomic E-state index is -5.22. The number of nitrogens with two attached hydrogens (primary N) is 1. The lowest BCUT2D eigenvalue weighted by Gasteiger charge is -2.30. The zero-order valence-corrected chi connectivity index (χ0v) is 12.3. The van der Waals surface area contributed by atoms with Gasteiger partial charge < -0.3 is 39.6 Å². The fourth-order valence-corrected chi connectivity index (χ4v) is 2.65. The third kappa shape index (κ3) is 3.05. The van der Waals surface area contributed by atoms with Crippen LogP contribution in [0.25, 0.3) is 11.2 Å². The Kier molecular flexibility index (Phi) is 4.06. The molecule has 2 aromatic heterocycles. The number of phosphoric ester groups is 1. The molecule has 1 saturated heterocycles. The molecule has 23 heavy (non-hydrogen) atoms. The number of aliphatic hydroxyl groups excluding tert-OH is 2. The van der Waals surface area contributed by atoms with Crippen LogP contribution >= 0.6 is 7.82 Å². The van der Waals surface area contributed by atoms with Crippen LogP contribution in [0.3, 0.4) is 0 Å². The number of nitrogen functional groups attached to an aromatic ring is 1. The van der Waals surface area contributed by atoms with Crippen LogP contribution in [-0.4, -0.2) is 54.7 Å². The van der Waals surface area contributed by atoms with E-state index in [2.05, 4.69) is 19.5 Å². The molecule has 1 fully saturated rings. The number of imidazole rings is 1. The van der Waals surface area contributed by atoms with Crippen LogP contribution in [0.2, 0.25) is 0 Å². The van der Waals surface area contributed by atoms with Crippen LogP contribution in [0.5, 0.6) is 0 Å². The lowest BCUT2D eigenvalue weighted by Crippen LogP contribution is -2.34. The van der Waals surface area contributed by atoms with Crippen LogP contribution in [-0.2, 0) is 13.8 Å². The third-order valence-corrected chi connectivity index (χ3v) is 3.86. The molecule has 2 aromatic rings. The smallest absolute Gasteiger partial charge is 0.167 e. The second-order valence-electron chi connectivity index (χ2n) is 4.87. The Morgan fingerprint density at radius 3 is 2.78 bits per heavy atom. The first-order valence-electron chi connectivity index (χ1n) is 6.39. The van der Waals surface area contributed by atoms with E-state index in [0.717, 1.165) is 0 Å². The summed E-state index contributed by atoms with van der Waals surface area (Å²) in [6.07, 6.45) is -2.75. The summed E-state index contributed by atoms with van der Waals surface area (Å²) in [5, 5.41) is 20.0. The number of fused-ring (bicyclic) bond motifs is 1. The fraction of sp³-hybridized carbons (Fsp3) is 0.500. The highest BCUT2D eigenvalue weighted by Crippen LogP contribution is 2.34. The number of aliphatic hydroxyl groups is 2. The van der Waals surface area contributed by atoms with Crippen molar-refractivity contribution in [2.75, 3.05) is 12.3 Å².